The summed E-state index contributed by atoms with van der Waals surface area (Å²) < 4.78 is 21.7. The van der Waals surface area contributed by atoms with Crippen molar-refractivity contribution in [1.82, 2.24) is 5.32 Å². The molecule has 1 aliphatic heterocycles. The largest absolute Gasteiger partial charge is 0.317 e. The first kappa shape index (κ1) is 12.6. The lowest BCUT2D eigenvalue weighted by Gasteiger charge is -2.21. The number of Topliss-reactive ketones (excluding diaryl/α,β-unsaturated/α-hetero) is 1. The van der Waals surface area contributed by atoms with Gasteiger partial charge in [0.25, 0.3) is 0 Å². The van der Waals surface area contributed by atoms with Crippen LogP contribution in [-0.2, 0) is 14.6 Å². The van der Waals surface area contributed by atoms with E-state index >= 15 is 0 Å². The maximum atomic E-state index is 11.7. The summed E-state index contributed by atoms with van der Waals surface area (Å²) in [6.07, 6.45) is 3.90. The summed E-state index contributed by atoms with van der Waals surface area (Å²) in [5.41, 5.74) is 0. The molecule has 0 aromatic carbocycles. The normalized spacial score (nSPS) is 19.0. The highest BCUT2D eigenvalue weighted by Gasteiger charge is 2.20. The van der Waals surface area contributed by atoms with Gasteiger partial charge in [-0.2, -0.15) is 0 Å². The van der Waals surface area contributed by atoms with Gasteiger partial charge in [0, 0.05) is 18.6 Å². The summed E-state index contributed by atoms with van der Waals surface area (Å²) in [6, 6.07) is 0. The molecule has 1 N–H and O–H groups in total. The Labute approximate surface area is 91.4 Å². The van der Waals surface area contributed by atoms with Gasteiger partial charge in [-0.05, 0) is 32.4 Å². The van der Waals surface area contributed by atoms with E-state index in [0.717, 1.165) is 25.9 Å². The fourth-order valence-electron chi connectivity index (χ4n) is 1.86. The molecule has 0 atom stereocenters. The van der Waals surface area contributed by atoms with Crippen LogP contribution in [0.4, 0.5) is 0 Å². The number of rotatable bonds is 5. The summed E-state index contributed by atoms with van der Waals surface area (Å²) >= 11 is 0. The smallest absolute Gasteiger partial charge is 0.147 e. The molecule has 1 heterocycles. The molecule has 0 aromatic rings. The first-order chi connectivity index (χ1) is 6.99. The number of sulfone groups is 1. The number of carbonyl (C=O) groups is 1. The summed E-state index contributed by atoms with van der Waals surface area (Å²) in [5, 5.41) is 3.20. The van der Waals surface area contributed by atoms with Crippen molar-refractivity contribution in [3.63, 3.8) is 0 Å². The van der Waals surface area contributed by atoms with Crippen molar-refractivity contribution in [1.29, 1.82) is 0 Å². The monoisotopic (exact) mass is 233 g/mol. The molecule has 5 heteroatoms. The van der Waals surface area contributed by atoms with Gasteiger partial charge in [-0.3, -0.25) is 4.79 Å². The van der Waals surface area contributed by atoms with Crippen LogP contribution in [0, 0.1) is 5.92 Å². The molecular weight excluding hydrogens is 214 g/mol. The Morgan fingerprint density at radius 2 is 1.93 bits per heavy atom. The van der Waals surface area contributed by atoms with Crippen LogP contribution in [0.15, 0.2) is 0 Å². The van der Waals surface area contributed by atoms with Crippen molar-refractivity contribution < 1.29 is 13.2 Å². The maximum Gasteiger partial charge on any atom is 0.147 e. The third kappa shape index (κ3) is 5.28. The second kappa shape index (κ2) is 5.61. The Kier molecular flexibility index (Phi) is 4.73. The van der Waals surface area contributed by atoms with Gasteiger partial charge in [-0.25, -0.2) is 8.42 Å². The Balaban J connectivity index is 2.23. The van der Waals surface area contributed by atoms with Crippen molar-refractivity contribution in [2.24, 2.45) is 5.92 Å². The van der Waals surface area contributed by atoms with E-state index in [2.05, 4.69) is 5.32 Å². The SMILES string of the molecule is CS(=O)(=O)CCCC(=O)C1CCNCC1. The first-order valence-electron chi connectivity index (χ1n) is 5.40. The average Bonchev–Trinajstić information content (AvgIpc) is 2.17. The molecule has 1 fully saturated rings. The van der Waals surface area contributed by atoms with Crippen molar-refractivity contribution in [3.05, 3.63) is 0 Å². The fourth-order valence-corrected chi connectivity index (χ4v) is 2.53. The minimum atomic E-state index is -2.92. The third-order valence-electron chi connectivity index (χ3n) is 2.73. The van der Waals surface area contributed by atoms with Crippen molar-refractivity contribution >= 4 is 15.6 Å². The van der Waals surface area contributed by atoms with Gasteiger partial charge >= 0.3 is 0 Å². The van der Waals surface area contributed by atoms with Crippen LogP contribution in [0.25, 0.3) is 0 Å². The van der Waals surface area contributed by atoms with E-state index in [1.165, 1.54) is 6.26 Å². The van der Waals surface area contributed by atoms with Gasteiger partial charge in [0.1, 0.15) is 15.6 Å². The maximum absolute atomic E-state index is 11.7. The lowest BCUT2D eigenvalue weighted by molar-refractivity contribution is -0.123. The molecule has 4 nitrogen and oxygen atoms in total. The molecule has 0 bridgehead atoms. The van der Waals surface area contributed by atoms with Crippen molar-refractivity contribution in [2.45, 2.75) is 25.7 Å². The molecule has 0 amide bonds. The summed E-state index contributed by atoms with van der Waals surface area (Å²) in [4.78, 5) is 11.7. The Morgan fingerprint density at radius 1 is 1.33 bits per heavy atom. The highest BCUT2D eigenvalue weighted by Crippen LogP contribution is 2.15. The van der Waals surface area contributed by atoms with Crippen LogP contribution < -0.4 is 5.32 Å². The lowest BCUT2D eigenvalue weighted by atomic mass is 9.91. The molecular formula is C10H19NO3S. The molecule has 0 saturated carbocycles. The van der Waals surface area contributed by atoms with Crippen LogP contribution in [0.5, 0.6) is 0 Å². The predicted octanol–water partition coefficient (Wildman–Crippen LogP) is 0.380. The van der Waals surface area contributed by atoms with Gasteiger partial charge in [-0.1, -0.05) is 0 Å². The van der Waals surface area contributed by atoms with Gasteiger partial charge in [0.05, 0.1) is 5.75 Å². The lowest BCUT2D eigenvalue weighted by Crippen LogP contribution is -2.31. The zero-order valence-corrected chi connectivity index (χ0v) is 9.98. The second-order valence-corrected chi connectivity index (χ2v) is 6.48. The van der Waals surface area contributed by atoms with Crippen LogP contribution >= 0.6 is 0 Å². The van der Waals surface area contributed by atoms with Gasteiger partial charge < -0.3 is 5.32 Å². The molecule has 1 aliphatic rings. The van der Waals surface area contributed by atoms with Crippen LogP contribution in [0.2, 0.25) is 0 Å². The average molecular weight is 233 g/mol. The molecule has 15 heavy (non-hydrogen) atoms. The molecule has 0 spiro atoms. The van der Waals surface area contributed by atoms with Crippen LogP contribution in [-0.4, -0.2) is 39.3 Å². The van der Waals surface area contributed by atoms with E-state index in [9.17, 15) is 13.2 Å². The standard InChI is InChI=1S/C10H19NO3S/c1-15(13,14)8-2-3-10(12)9-4-6-11-7-5-9/h9,11H,2-8H2,1H3. The van der Waals surface area contributed by atoms with Gasteiger partial charge in [0.15, 0.2) is 0 Å². The number of nitrogens with one attached hydrogen (secondary N) is 1. The van der Waals surface area contributed by atoms with E-state index in [1.54, 1.807) is 0 Å². The summed E-state index contributed by atoms with van der Waals surface area (Å²) in [7, 11) is -2.92. The zero-order chi connectivity index (χ0) is 11.3. The quantitative estimate of drug-likeness (QED) is 0.745. The molecule has 0 aromatic heterocycles. The van der Waals surface area contributed by atoms with Gasteiger partial charge in [0.2, 0.25) is 0 Å². The number of hydrogen-bond donors (Lipinski definition) is 1. The minimum absolute atomic E-state index is 0.129. The fraction of sp³-hybridized carbons (Fsp3) is 0.900. The predicted molar refractivity (Wildman–Crippen MR) is 59.5 cm³/mol. The second-order valence-electron chi connectivity index (χ2n) is 4.22. The number of carbonyl (C=O) groups excluding carboxylic acids is 1. The van der Waals surface area contributed by atoms with Crippen molar-refractivity contribution in [2.75, 3.05) is 25.1 Å². The van der Waals surface area contributed by atoms with E-state index < -0.39 is 9.84 Å². The summed E-state index contributed by atoms with van der Waals surface area (Å²) in [5.74, 6) is 0.523. The highest BCUT2D eigenvalue weighted by atomic mass is 32.2. The minimum Gasteiger partial charge on any atom is -0.317 e. The Morgan fingerprint density at radius 3 is 2.47 bits per heavy atom. The zero-order valence-electron chi connectivity index (χ0n) is 9.16. The van der Waals surface area contributed by atoms with E-state index in [1.807, 2.05) is 0 Å². The third-order valence-corrected chi connectivity index (χ3v) is 3.76. The molecule has 88 valence electrons. The Hall–Kier alpha value is -0.420. The van der Waals surface area contributed by atoms with Crippen molar-refractivity contribution in [3.8, 4) is 0 Å². The number of piperidine rings is 1. The Bertz CT molecular complexity index is 305. The molecule has 1 saturated heterocycles. The van der Waals surface area contributed by atoms with E-state index in [0.29, 0.717) is 12.8 Å². The molecule has 0 unspecified atom stereocenters. The van der Waals surface area contributed by atoms with Crippen LogP contribution in [0.3, 0.4) is 0 Å². The van der Waals surface area contributed by atoms with E-state index in [-0.39, 0.29) is 17.5 Å². The highest BCUT2D eigenvalue weighted by molar-refractivity contribution is 7.90. The number of hydrogen-bond acceptors (Lipinski definition) is 4. The molecule has 0 radical (unpaired) electrons. The van der Waals surface area contributed by atoms with Gasteiger partial charge in [-0.15, -0.1) is 0 Å². The van der Waals surface area contributed by atoms with Crippen LogP contribution in [0.1, 0.15) is 25.7 Å². The summed E-state index contributed by atoms with van der Waals surface area (Å²) in [6.45, 7) is 1.81. The number of ketones is 1. The first-order valence-corrected chi connectivity index (χ1v) is 7.46. The topological polar surface area (TPSA) is 63.2 Å². The molecule has 1 rings (SSSR count). The van der Waals surface area contributed by atoms with E-state index in [4.69, 9.17) is 0 Å². The molecule has 0 aliphatic carbocycles.